The molecule has 170 valence electrons. The van der Waals surface area contributed by atoms with Crippen LogP contribution in [-0.4, -0.2) is 46.3 Å². The van der Waals surface area contributed by atoms with Crippen LogP contribution in [0.5, 0.6) is 0 Å². The summed E-state index contributed by atoms with van der Waals surface area (Å²) in [5, 5.41) is 23.2. The maximum Gasteiger partial charge on any atom is 0.407 e. The molecule has 0 radical (unpaired) electrons. The molecule has 3 N–H and O–H groups in total. The van der Waals surface area contributed by atoms with Crippen molar-refractivity contribution in [2.24, 2.45) is 0 Å². The van der Waals surface area contributed by atoms with Crippen LogP contribution in [0, 0.1) is 0 Å². The number of Topliss-reactive ketones (excluding diaryl/α,β-unsaturated/α-hetero) is 1. The monoisotopic (exact) mass is 446 g/mol. The Balaban J connectivity index is 1.27. The first-order chi connectivity index (χ1) is 16.0. The third-order valence-electron chi connectivity index (χ3n) is 5.91. The zero-order chi connectivity index (χ0) is 23.4. The van der Waals surface area contributed by atoms with Gasteiger partial charge in [0.2, 0.25) is 0 Å². The normalized spacial score (nSPS) is 14.2. The first kappa shape index (κ1) is 22.6. The number of pyridine rings is 1. The predicted octanol–water partition coefficient (Wildman–Crippen LogP) is 3.61. The lowest BCUT2D eigenvalue weighted by molar-refractivity contribution is 0.0134. The van der Waals surface area contributed by atoms with Gasteiger partial charge in [-0.05, 0) is 34.7 Å². The molecule has 1 heterocycles. The van der Waals surface area contributed by atoms with Crippen LogP contribution in [0.1, 0.15) is 52.5 Å². The number of benzene rings is 2. The number of aromatic nitrogens is 1. The number of aliphatic hydroxyl groups is 2. The second kappa shape index (κ2) is 9.94. The van der Waals surface area contributed by atoms with Gasteiger partial charge in [-0.1, -0.05) is 54.6 Å². The molecule has 0 saturated heterocycles. The van der Waals surface area contributed by atoms with E-state index in [-0.39, 0.29) is 37.0 Å². The van der Waals surface area contributed by atoms with Crippen molar-refractivity contribution in [1.29, 1.82) is 0 Å². The van der Waals surface area contributed by atoms with Crippen LogP contribution in [0.3, 0.4) is 0 Å². The molecule has 0 fully saturated rings. The molecule has 3 aromatic rings. The molecule has 1 aliphatic carbocycles. The quantitative estimate of drug-likeness (QED) is 0.456. The number of carbonyl (C=O) groups excluding carboxylic acids is 2. The smallest absolute Gasteiger partial charge is 0.407 e. The zero-order valence-corrected chi connectivity index (χ0v) is 18.3. The van der Waals surface area contributed by atoms with Gasteiger partial charge in [-0.3, -0.25) is 9.78 Å². The molecule has 0 bridgehead atoms. The highest BCUT2D eigenvalue weighted by Gasteiger charge is 2.29. The van der Waals surface area contributed by atoms with Crippen LogP contribution in [0.4, 0.5) is 4.79 Å². The van der Waals surface area contributed by atoms with Gasteiger partial charge in [-0.2, -0.15) is 0 Å². The molecule has 33 heavy (non-hydrogen) atoms. The van der Waals surface area contributed by atoms with Crippen LogP contribution in [0.2, 0.25) is 0 Å². The number of rotatable bonds is 8. The molecule has 2 atom stereocenters. The van der Waals surface area contributed by atoms with Gasteiger partial charge in [-0.15, -0.1) is 0 Å². The minimum absolute atomic E-state index is 0.0268. The summed E-state index contributed by atoms with van der Waals surface area (Å²) in [5.41, 5.74) is 5.27. The molecule has 2 unspecified atom stereocenters. The summed E-state index contributed by atoms with van der Waals surface area (Å²) in [7, 11) is 0. The number of fused-ring (bicyclic) bond motifs is 3. The molecule has 0 saturated carbocycles. The van der Waals surface area contributed by atoms with E-state index in [1.54, 1.807) is 6.07 Å². The highest BCUT2D eigenvalue weighted by atomic mass is 16.5. The van der Waals surface area contributed by atoms with E-state index in [0.29, 0.717) is 5.56 Å². The van der Waals surface area contributed by atoms with Crippen LogP contribution in [-0.2, 0) is 4.74 Å². The third-order valence-corrected chi connectivity index (χ3v) is 5.91. The number of ketones is 1. The Morgan fingerprint density at radius 3 is 2.21 bits per heavy atom. The fourth-order valence-electron chi connectivity index (χ4n) is 4.14. The number of nitrogens with zero attached hydrogens (tertiary/aromatic N) is 1. The summed E-state index contributed by atoms with van der Waals surface area (Å²) >= 11 is 0. The van der Waals surface area contributed by atoms with Gasteiger partial charge in [-0.25, -0.2) is 4.79 Å². The SMILES string of the molecule is CC(=O)c1ccc(C(O)C(O)CCNC(=O)OCC2c3ccccc3-c3ccccc32)cn1. The topological polar surface area (TPSA) is 109 Å². The van der Waals surface area contributed by atoms with Gasteiger partial charge < -0.3 is 20.3 Å². The van der Waals surface area contributed by atoms with E-state index in [9.17, 15) is 19.8 Å². The number of ether oxygens (including phenoxy) is 1. The lowest BCUT2D eigenvalue weighted by Crippen LogP contribution is -2.30. The lowest BCUT2D eigenvalue weighted by Gasteiger charge is -2.18. The zero-order valence-electron chi connectivity index (χ0n) is 18.3. The Morgan fingerprint density at radius 2 is 1.64 bits per heavy atom. The van der Waals surface area contributed by atoms with Crippen molar-refractivity contribution in [2.75, 3.05) is 13.2 Å². The summed E-state index contributed by atoms with van der Waals surface area (Å²) in [6.07, 6.45) is -1.37. The standard InChI is InChI=1S/C26H26N2O5/c1-16(29)23-11-10-17(14-28-23)25(31)24(30)12-13-27-26(32)33-15-22-20-8-4-2-6-18(20)19-7-3-5-9-21(19)22/h2-11,14,22,24-25,30-31H,12-13,15H2,1H3,(H,27,32). The minimum Gasteiger partial charge on any atom is -0.449 e. The highest BCUT2D eigenvalue weighted by molar-refractivity contribution is 5.92. The van der Waals surface area contributed by atoms with Crippen LogP contribution < -0.4 is 5.32 Å². The molecule has 1 aliphatic rings. The fraction of sp³-hybridized carbons (Fsp3) is 0.269. The van der Waals surface area contributed by atoms with E-state index >= 15 is 0 Å². The first-order valence-electron chi connectivity index (χ1n) is 10.9. The van der Waals surface area contributed by atoms with Crippen molar-refractivity contribution in [3.8, 4) is 11.1 Å². The van der Waals surface area contributed by atoms with Gasteiger partial charge in [0.25, 0.3) is 0 Å². The van der Waals surface area contributed by atoms with Gasteiger partial charge in [0.15, 0.2) is 5.78 Å². The van der Waals surface area contributed by atoms with Crippen LogP contribution in [0.25, 0.3) is 11.1 Å². The number of alkyl carbamates (subject to hydrolysis) is 1. The summed E-state index contributed by atoms with van der Waals surface area (Å²) in [6, 6.07) is 19.3. The molecule has 4 rings (SSSR count). The Morgan fingerprint density at radius 1 is 1.00 bits per heavy atom. The van der Waals surface area contributed by atoms with Crippen molar-refractivity contribution in [1.82, 2.24) is 10.3 Å². The van der Waals surface area contributed by atoms with Crippen molar-refractivity contribution >= 4 is 11.9 Å². The van der Waals surface area contributed by atoms with Gasteiger partial charge in [0, 0.05) is 31.1 Å². The van der Waals surface area contributed by atoms with Gasteiger partial charge in [0.1, 0.15) is 18.4 Å². The Kier molecular flexibility index (Phi) is 6.82. The maximum absolute atomic E-state index is 12.2. The molecule has 7 nitrogen and oxygen atoms in total. The highest BCUT2D eigenvalue weighted by Crippen LogP contribution is 2.44. The van der Waals surface area contributed by atoms with E-state index in [2.05, 4.69) is 34.6 Å². The summed E-state index contributed by atoms with van der Waals surface area (Å²) in [4.78, 5) is 27.5. The molecule has 7 heteroatoms. The van der Waals surface area contributed by atoms with E-state index in [1.807, 2.05) is 24.3 Å². The molecule has 0 aliphatic heterocycles. The molecule has 1 aromatic heterocycles. The Labute approximate surface area is 192 Å². The van der Waals surface area contributed by atoms with Crippen molar-refractivity contribution in [3.05, 3.63) is 89.2 Å². The van der Waals surface area contributed by atoms with Gasteiger partial charge >= 0.3 is 6.09 Å². The fourth-order valence-corrected chi connectivity index (χ4v) is 4.14. The third kappa shape index (κ3) is 4.94. The minimum atomic E-state index is -1.18. The second-order valence-electron chi connectivity index (χ2n) is 8.09. The molecule has 1 amide bonds. The molecular formula is C26H26N2O5. The Hall–Kier alpha value is -3.55. The summed E-state index contributed by atoms with van der Waals surface area (Å²) in [5.74, 6) is -0.204. The predicted molar refractivity (Wildman–Crippen MR) is 123 cm³/mol. The maximum atomic E-state index is 12.2. The molecule has 0 spiro atoms. The molecule has 2 aromatic carbocycles. The number of aliphatic hydroxyl groups excluding tert-OH is 2. The van der Waals surface area contributed by atoms with Crippen LogP contribution in [0.15, 0.2) is 66.9 Å². The van der Waals surface area contributed by atoms with Crippen LogP contribution >= 0.6 is 0 Å². The van der Waals surface area contributed by atoms with E-state index in [1.165, 1.54) is 19.2 Å². The lowest BCUT2D eigenvalue weighted by atomic mass is 9.98. The van der Waals surface area contributed by atoms with Crippen molar-refractivity contribution < 1.29 is 24.5 Å². The van der Waals surface area contributed by atoms with E-state index in [4.69, 9.17) is 4.74 Å². The average molecular weight is 447 g/mol. The van der Waals surface area contributed by atoms with Gasteiger partial charge in [0.05, 0.1) is 6.10 Å². The number of amides is 1. The number of hydrogen-bond acceptors (Lipinski definition) is 6. The van der Waals surface area contributed by atoms with E-state index in [0.717, 1.165) is 22.3 Å². The summed E-state index contributed by atoms with van der Waals surface area (Å²) < 4.78 is 5.47. The second-order valence-corrected chi connectivity index (χ2v) is 8.09. The molecular weight excluding hydrogens is 420 g/mol. The number of carbonyl (C=O) groups is 2. The van der Waals surface area contributed by atoms with Crippen molar-refractivity contribution in [3.63, 3.8) is 0 Å². The summed E-state index contributed by atoms with van der Waals surface area (Å²) in [6.45, 7) is 1.75. The first-order valence-corrected chi connectivity index (χ1v) is 10.9. The average Bonchev–Trinajstić information content (AvgIpc) is 3.16. The number of nitrogens with one attached hydrogen (secondary N) is 1. The van der Waals surface area contributed by atoms with Crippen molar-refractivity contribution in [2.45, 2.75) is 31.5 Å². The van der Waals surface area contributed by atoms with E-state index < -0.39 is 18.3 Å². The largest absolute Gasteiger partial charge is 0.449 e. The number of hydrogen-bond donors (Lipinski definition) is 3. The Bertz CT molecular complexity index is 1100.